The van der Waals surface area contributed by atoms with Crippen molar-refractivity contribution >= 4 is 29.8 Å². The van der Waals surface area contributed by atoms with E-state index < -0.39 is 60.4 Å². The normalized spacial score (nSPS) is 27.7. The van der Waals surface area contributed by atoms with E-state index in [1.807, 2.05) is 0 Å². The van der Waals surface area contributed by atoms with E-state index in [0.717, 1.165) is 34.6 Å². The van der Waals surface area contributed by atoms with Crippen molar-refractivity contribution in [3.63, 3.8) is 0 Å². The first-order valence-electron chi connectivity index (χ1n) is 7.87. The van der Waals surface area contributed by atoms with Gasteiger partial charge in [-0.15, -0.1) is 0 Å². The standard InChI is InChI=1S/C16H22O10/c1-7(17)22-12-6-13(23-8(2)18)15(25-10(4)20)16(26-11(5)21)14(12)24-9(3)19/h12-16H,6H2,1-5H3. The molecule has 0 saturated heterocycles. The maximum absolute atomic E-state index is 11.5. The quantitative estimate of drug-likeness (QED) is 0.480. The van der Waals surface area contributed by atoms with Gasteiger partial charge in [0, 0.05) is 41.0 Å². The minimum atomic E-state index is -1.33. The van der Waals surface area contributed by atoms with Crippen molar-refractivity contribution in [2.24, 2.45) is 0 Å². The van der Waals surface area contributed by atoms with Crippen molar-refractivity contribution in [3.05, 3.63) is 0 Å². The van der Waals surface area contributed by atoms with Crippen LogP contribution in [0.5, 0.6) is 0 Å². The first-order valence-corrected chi connectivity index (χ1v) is 7.87. The molecule has 0 radical (unpaired) electrons. The molecule has 4 unspecified atom stereocenters. The van der Waals surface area contributed by atoms with Crippen LogP contribution in [0, 0.1) is 0 Å². The van der Waals surface area contributed by atoms with Gasteiger partial charge in [0.25, 0.3) is 0 Å². The van der Waals surface area contributed by atoms with E-state index in [4.69, 9.17) is 23.7 Å². The molecule has 0 aromatic rings. The largest absolute Gasteiger partial charge is 0.458 e. The maximum atomic E-state index is 11.5. The molecule has 0 aliphatic heterocycles. The average Bonchev–Trinajstić information content (AvgIpc) is 2.44. The number of rotatable bonds is 5. The summed E-state index contributed by atoms with van der Waals surface area (Å²) in [5.74, 6) is -3.56. The van der Waals surface area contributed by atoms with Crippen molar-refractivity contribution in [2.45, 2.75) is 71.6 Å². The minimum Gasteiger partial charge on any atom is -0.458 e. The van der Waals surface area contributed by atoms with Crippen LogP contribution in [0.3, 0.4) is 0 Å². The summed E-state index contributed by atoms with van der Waals surface area (Å²) >= 11 is 0. The van der Waals surface area contributed by atoms with E-state index in [2.05, 4.69) is 0 Å². The predicted octanol–water partition coefficient (Wildman–Crippen LogP) is 0.0486. The topological polar surface area (TPSA) is 132 Å². The molecule has 26 heavy (non-hydrogen) atoms. The number of hydrogen-bond donors (Lipinski definition) is 0. The Morgan fingerprint density at radius 1 is 0.500 bits per heavy atom. The average molecular weight is 374 g/mol. The van der Waals surface area contributed by atoms with Gasteiger partial charge in [-0.1, -0.05) is 0 Å². The second kappa shape index (κ2) is 9.16. The fourth-order valence-electron chi connectivity index (χ4n) is 2.76. The van der Waals surface area contributed by atoms with Gasteiger partial charge in [0.1, 0.15) is 12.2 Å². The third-order valence-electron chi connectivity index (χ3n) is 3.39. The second-order valence-corrected chi connectivity index (χ2v) is 5.75. The Morgan fingerprint density at radius 2 is 0.769 bits per heavy atom. The Balaban J connectivity index is 3.32. The fourth-order valence-corrected chi connectivity index (χ4v) is 2.76. The summed E-state index contributed by atoms with van der Waals surface area (Å²) in [5.41, 5.74) is 0. The Hall–Kier alpha value is -2.65. The molecule has 1 aliphatic carbocycles. The molecule has 0 heterocycles. The van der Waals surface area contributed by atoms with Gasteiger partial charge in [-0.2, -0.15) is 0 Å². The van der Waals surface area contributed by atoms with Gasteiger partial charge in [-0.3, -0.25) is 24.0 Å². The summed E-state index contributed by atoms with van der Waals surface area (Å²) in [5, 5.41) is 0. The maximum Gasteiger partial charge on any atom is 0.303 e. The summed E-state index contributed by atoms with van der Waals surface area (Å²) in [6.07, 6.45) is -6.07. The molecule has 0 bridgehead atoms. The molecule has 0 N–H and O–H groups in total. The highest BCUT2D eigenvalue weighted by Crippen LogP contribution is 2.32. The lowest BCUT2D eigenvalue weighted by molar-refractivity contribution is -0.230. The number of ether oxygens (including phenoxy) is 5. The first-order chi connectivity index (χ1) is 12.0. The monoisotopic (exact) mass is 374 g/mol. The zero-order chi connectivity index (χ0) is 20.0. The third kappa shape index (κ3) is 6.34. The van der Waals surface area contributed by atoms with Crippen molar-refractivity contribution < 1.29 is 47.7 Å². The van der Waals surface area contributed by atoms with Crippen LogP contribution < -0.4 is 0 Å². The molecule has 0 amide bonds. The zero-order valence-corrected chi connectivity index (χ0v) is 15.2. The van der Waals surface area contributed by atoms with Crippen LogP contribution in [-0.2, 0) is 47.7 Å². The number of esters is 5. The van der Waals surface area contributed by atoms with E-state index in [9.17, 15) is 24.0 Å². The Morgan fingerprint density at radius 3 is 1.04 bits per heavy atom. The highest BCUT2D eigenvalue weighted by molar-refractivity contribution is 5.70. The summed E-state index contributed by atoms with van der Waals surface area (Å²) < 4.78 is 25.8. The molecular weight excluding hydrogens is 352 g/mol. The molecule has 0 aromatic heterocycles. The molecule has 1 fully saturated rings. The van der Waals surface area contributed by atoms with Gasteiger partial charge in [0.2, 0.25) is 0 Å². The third-order valence-corrected chi connectivity index (χ3v) is 3.39. The predicted molar refractivity (Wildman–Crippen MR) is 82.4 cm³/mol. The molecule has 1 rings (SSSR count). The molecule has 1 aliphatic rings. The van der Waals surface area contributed by atoms with Gasteiger partial charge in [0.15, 0.2) is 18.3 Å². The lowest BCUT2D eigenvalue weighted by Gasteiger charge is -2.43. The zero-order valence-electron chi connectivity index (χ0n) is 15.2. The van der Waals surface area contributed by atoms with Crippen LogP contribution in [0.15, 0.2) is 0 Å². The molecule has 146 valence electrons. The summed E-state index contributed by atoms with van der Waals surface area (Å²) in [4.78, 5) is 57.2. The lowest BCUT2D eigenvalue weighted by Crippen LogP contribution is -2.61. The van der Waals surface area contributed by atoms with Crippen LogP contribution in [0.1, 0.15) is 41.0 Å². The van der Waals surface area contributed by atoms with Crippen molar-refractivity contribution in [1.82, 2.24) is 0 Å². The number of carbonyl (C=O) groups excluding carboxylic acids is 5. The Labute approximate surface area is 150 Å². The smallest absolute Gasteiger partial charge is 0.303 e. The molecule has 0 spiro atoms. The highest BCUT2D eigenvalue weighted by Gasteiger charge is 2.53. The van der Waals surface area contributed by atoms with Crippen molar-refractivity contribution in [1.29, 1.82) is 0 Å². The number of hydrogen-bond acceptors (Lipinski definition) is 10. The summed E-state index contributed by atoms with van der Waals surface area (Å²) in [6.45, 7) is 5.63. The van der Waals surface area contributed by atoms with E-state index in [1.165, 1.54) is 0 Å². The van der Waals surface area contributed by atoms with E-state index in [0.29, 0.717) is 0 Å². The molecule has 1 saturated carbocycles. The highest BCUT2D eigenvalue weighted by atomic mass is 16.6. The van der Waals surface area contributed by atoms with Crippen molar-refractivity contribution in [2.75, 3.05) is 0 Å². The molecule has 10 nitrogen and oxygen atoms in total. The van der Waals surface area contributed by atoms with Gasteiger partial charge < -0.3 is 23.7 Å². The van der Waals surface area contributed by atoms with Crippen LogP contribution in [-0.4, -0.2) is 60.4 Å². The lowest BCUT2D eigenvalue weighted by atomic mass is 9.86. The van der Waals surface area contributed by atoms with Crippen LogP contribution in [0.2, 0.25) is 0 Å². The van der Waals surface area contributed by atoms with Gasteiger partial charge in [0.05, 0.1) is 0 Å². The van der Waals surface area contributed by atoms with E-state index >= 15 is 0 Å². The minimum absolute atomic E-state index is 0.118. The Kier molecular flexibility index (Phi) is 7.54. The van der Waals surface area contributed by atoms with E-state index in [1.54, 1.807) is 0 Å². The fraction of sp³-hybridized carbons (Fsp3) is 0.688. The summed E-state index contributed by atoms with van der Waals surface area (Å²) in [6, 6.07) is 0. The van der Waals surface area contributed by atoms with Crippen molar-refractivity contribution in [3.8, 4) is 0 Å². The SMILES string of the molecule is CC(=O)OC1CC(OC(C)=O)C(OC(C)=O)C(OC(C)=O)C1OC(C)=O. The van der Waals surface area contributed by atoms with Crippen LogP contribution in [0.25, 0.3) is 0 Å². The van der Waals surface area contributed by atoms with Crippen LogP contribution >= 0.6 is 0 Å². The second-order valence-electron chi connectivity index (χ2n) is 5.75. The summed E-state index contributed by atoms with van der Waals surface area (Å²) in [7, 11) is 0. The number of carbonyl (C=O) groups is 5. The molecular formula is C16H22O10. The van der Waals surface area contributed by atoms with Crippen LogP contribution in [0.4, 0.5) is 0 Å². The Bertz CT molecular complexity index is 542. The van der Waals surface area contributed by atoms with E-state index in [-0.39, 0.29) is 6.42 Å². The van der Waals surface area contributed by atoms with Gasteiger partial charge >= 0.3 is 29.8 Å². The molecule has 0 aromatic carbocycles. The van der Waals surface area contributed by atoms with Gasteiger partial charge in [-0.05, 0) is 0 Å². The molecule has 10 heteroatoms. The molecule has 4 atom stereocenters. The first kappa shape index (κ1) is 21.4. The van der Waals surface area contributed by atoms with Gasteiger partial charge in [-0.25, -0.2) is 0 Å².